The second kappa shape index (κ2) is 7.00. The molecule has 0 aliphatic heterocycles. The Balaban J connectivity index is 2.53. The first-order chi connectivity index (χ1) is 8.35. The number of hydrogen-bond acceptors (Lipinski definition) is 4. The molecule has 0 spiro atoms. The summed E-state index contributed by atoms with van der Waals surface area (Å²) in [5.74, 6) is -0.207. The van der Waals surface area contributed by atoms with Gasteiger partial charge in [-0.05, 0) is 44.8 Å². The van der Waals surface area contributed by atoms with E-state index in [1.165, 1.54) is 11.3 Å². The summed E-state index contributed by atoms with van der Waals surface area (Å²) in [6.07, 6.45) is 0.471. The van der Waals surface area contributed by atoms with Crippen molar-refractivity contribution in [2.75, 3.05) is 20.3 Å². The van der Waals surface area contributed by atoms with E-state index in [4.69, 9.17) is 4.74 Å². The average Bonchev–Trinajstić information content (AvgIpc) is 2.63. The third-order valence-corrected chi connectivity index (χ3v) is 4.72. The molecule has 2 N–H and O–H groups in total. The Morgan fingerprint density at radius 2 is 2.28 bits per heavy atom. The maximum atomic E-state index is 11.9. The van der Waals surface area contributed by atoms with Crippen molar-refractivity contribution in [1.82, 2.24) is 5.32 Å². The number of nitrogens with one attached hydrogen (secondary N) is 1. The second-order valence-corrected chi connectivity index (χ2v) is 7.91. The lowest BCUT2D eigenvalue weighted by Crippen LogP contribution is -2.41. The fraction of sp³-hybridized carbons (Fsp3) is 0.545. The van der Waals surface area contributed by atoms with Crippen LogP contribution in [0.3, 0.4) is 0 Å². The van der Waals surface area contributed by atoms with E-state index in [-0.39, 0.29) is 12.5 Å². The van der Waals surface area contributed by atoms with Gasteiger partial charge in [-0.1, -0.05) is 0 Å². The van der Waals surface area contributed by atoms with Crippen LogP contribution in [0.25, 0.3) is 0 Å². The summed E-state index contributed by atoms with van der Waals surface area (Å²) in [6.45, 7) is 2.32. The molecule has 0 saturated heterocycles. The number of thiophene rings is 1. The van der Waals surface area contributed by atoms with Crippen molar-refractivity contribution in [1.29, 1.82) is 0 Å². The number of amides is 1. The Morgan fingerprint density at radius 1 is 1.61 bits per heavy atom. The standard InChI is InChI=1S/C11H15Br2NO3S/c1-11(16,3-4-17-2)6-14-10(15)7-5-8(12)18-9(7)13/h5,16H,3-4,6H2,1-2H3,(H,14,15). The minimum absolute atomic E-state index is 0.190. The lowest BCUT2D eigenvalue weighted by Gasteiger charge is -2.23. The van der Waals surface area contributed by atoms with Crippen LogP contribution in [0.15, 0.2) is 13.6 Å². The van der Waals surface area contributed by atoms with E-state index >= 15 is 0 Å². The zero-order valence-electron chi connectivity index (χ0n) is 10.1. The van der Waals surface area contributed by atoms with E-state index in [1.807, 2.05) is 0 Å². The highest BCUT2D eigenvalue weighted by Crippen LogP contribution is 2.31. The molecule has 7 heteroatoms. The smallest absolute Gasteiger partial charge is 0.253 e. The number of rotatable bonds is 6. The number of ether oxygens (including phenoxy) is 1. The average molecular weight is 401 g/mol. The van der Waals surface area contributed by atoms with Gasteiger partial charge in [0, 0.05) is 26.7 Å². The minimum atomic E-state index is -0.967. The van der Waals surface area contributed by atoms with Gasteiger partial charge in [0.1, 0.15) is 0 Å². The number of carbonyl (C=O) groups excluding carboxylic acids is 1. The Hall–Kier alpha value is 0.0500. The summed E-state index contributed by atoms with van der Waals surface area (Å²) in [4.78, 5) is 11.9. The molecular weight excluding hydrogens is 386 g/mol. The van der Waals surface area contributed by atoms with E-state index in [2.05, 4.69) is 37.2 Å². The minimum Gasteiger partial charge on any atom is -0.388 e. The first kappa shape index (κ1) is 16.1. The van der Waals surface area contributed by atoms with E-state index in [0.717, 1.165) is 7.57 Å². The van der Waals surface area contributed by atoms with E-state index in [0.29, 0.717) is 18.6 Å². The molecule has 1 rings (SSSR count). The fourth-order valence-corrected chi connectivity index (χ4v) is 4.06. The van der Waals surface area contributed by atoms with Crippen molar-refractivity contribution in [3.63, 3.8) is 0 Å². The topological polar surface area (TPSA) is 58.6 Å². The summed E-state index contributed by atoms with van der Waals surface area (Å²) in [6, 6.07) is 1.74. The van der Waals surface area contributed by atoms with Crippen LogP contribution in [-0.2, 0) is 4.74 Å². The maximum Gasteiger partial charge on any atom is 0.253 e. The molecule has 0 aromatic carbocycles. The van der Waals surface area contributed by atoms with E-state index in [1.54, 1.807) is 20.1 Å². The monoisotopic (exact) mass is 399 g/mol. The first-order valence-corrected chi connectivity index (χ1v) is 7.70. The number of carbonyl (C=O) groups is 1. The predicted molar refractivity (Wildman–Crippen MR) is 79.2 cm³/mol. The van der Waals surface area contributed by atoms with E-state index < -0.39 is 5.60 Å². The summed E-state index contributed by atoms with van der Waals surface area (Å²) in [7, 11) is 1.58. The highest BCUT2D eigenvalue weighted by atomic mass is 79.9. The van der Waals surface area contributed by atoms with Crippen LogP contribution >= 0.6 is 43.2 Å². The molecule has 1 aromatic rings. The lowest BCUT2D eigenvalue weighted by atomic mass is 10.0. The van der Waals surface area contributed by atoms with Crippen molar-refractivity contribution in [3.05, 3.63) is 19.2 Å². The molecule has 18 heavy (non-hydrogen) atoms. The molecule has 0 bridgehead atoms. The number of hydrogen-bond donors (Lipinski definition) is 2. The Kier molecular flexibility index (Phi) is 6.26. The van der Waals surface area contributed by atoms with Crippen molar-refractivity contribution >= 4 is 49.1 Å². The molecule has 1 atom stereocenters. The molecule has 4 nitrogen and oxygen atoms in total. The van der Waals surface area contributed by atoms with Crippen molar-refractivity contribution < 1.29 is 14.6 Å². The highest BCUT2D eigenvalue weighted by Gasteiger charge is 2.22. The normalized spacial score (nSPS) is 14.3. The van der Waals surface area contributed by atoms with Crippen molar-refractivity contribution in [2.45, 2.75) is 18.9 Å². The molecule has 0 saturated carbocycles. The van der Waals surface area contributed by atoms with Crippen LogP contribution in [0.2, 0.25) is 0 Å². The van der Waals surface area contributed by atoms with Gasteiger partial charge in [-0.2, -0.15) is 0 Å². The molecule has 0 fully saturated rings. The largest absolute Gasteiger partial charge is 0.388 e. The van der Waals surface area contributed by atoms with Gasteiger partial charge in [0.2, 0.25) is 0 Å². The zero-order chi connectivity index (χ0) is 13.8. The Labute approximate surface area is 127 Å². The third-order valence-electron chi connectivity index (χ3n) is 2.38. The number of halogens is 2. The van der Waals surface area contributed by atoms with Gasteiger partial charge >= 0.3 is 0 Å². The molecule has 1 heterocycles. The van der Waals surface area contributed by atoms with Gasteiger partial charge in [-0.25, -0.2) is 0 Å². The van der Waals surface area contributed by atoms with Crippen LogP contribution in [0, 0.1) is 0 Å². The van der Waals surface area contributed by atoms with Crippen molar-refractivity contribution in [3.8, 4) is 0 Å². The molecule has 0 aliphatic rings. The van der Waals surface area contributed by atoms with Crippen LogP contribution in [0.1, 0.15) is 23.7 Å². The summed E-state index contributed by atoms with van der Waals surface area (Å²) in [5, 5.41) is 12.7. The van der Waals surface area contributed by atoms with Gasteiger partial charge in [-0.15, -0.1) is 11.3 Å². The van der Waals surface area contributed by atoms with Gasteiger partial charge in [0.05, 0.1) is 18.7 Å². The molecule has 1 amide bonds. The van der Waals surface area contributed by atoms with Gasteiger partial charge in [0.15, 0.2) is 0 Å². The molecule has 1 unspecified atom stereocenters. The molecule has 0 aliphatic carbocycles. The SMILES string of the molecule is COCCC(C)(O)CNC(=O)c1cc(Br)sc1Br. The number of aliphatic hydroxyl groups is 1. The van der Waals surface area contributed by atoms with Crippen LogP contribution in [0.4, 0.5) is 0 Å². The lowest BCUT2D eigenvalue weighted by molar-refractivity contribution is 0.0243. The highest BCUT2D eigenvalue weighted by molar-refractivity contribution is 9.12. The van der Waals surface area contributed by atoms with E-state index in [9.17, 15) is 9.90 Å². The van der Waals surface area contributed by atoms with Gasteiger partial charge < -0.3 is 15.2 Å². The molecule has 1 aromatic heterocycles. The molecular formula is C11H15Br2NO3S. The van der Waals surface area contributed by atoms with Crippen LogP contribution in [-0.4, -0.2) is 36.9 Å². The molecule has 0 radical (unpaired) electrons. The Bertz CT molecular complexity index is 420. The Morgan fingerprint density at radius 3 is 2.78 bits per heavy atom. The zero-order valence-corrected chi connectivity index (χ0v) is 14.1. The van der Waals surface area contributed by atoms with Crippen LogP contribution < -0.4 is 5.32 Å². The fourth-order valence-electron chi connectivity index (χ4n) is 1.27. The van der Waals surface area contributed by atoms with Gasteiger partial charge in [0.25, 0.3) is 5.91 Å². The summed E-state index contributed by atoms with van der Waals surface area (Å²) in [5.41, 5.74) is -0.403. The van der Waals surface area contributed by atoms with Gasteiger partial charge in [-0.3, -0.25) is 4.79 Å². The predicted octanol–water partition coefficient (Wildman–Crippen LogP) is 2.79. The maximum absolute atomic E-state index is 11.9. The number of methoxy groups -OCH3 is 1. The quantitative estimate of drug-likeness (QED) is 0.771. The second-order valence-electron chi connectivity index (χ2n) is 4.16. The first-order valence-electron chi connectivity index (χ1n) is 5.30. The molecule has 102 valence electrons. The summed E-state index contributed by atoms with van der Waals surface area (Å²) >= 11 is 8.08. The van der Waals surface area contributed by atoms with Crippen LogP contribution in [0.5, 0.6) is 0 Å². The third kappa shape index (κ3) is 4.97. The van der Waals surface area contributed by atoms with Crippen molar-refractivity contribution in [2.24, 2.45) is 0 Å². The summed E-state index contributed by atoms with van der Waals surface area (Å²) < 4.78 is 6.55.